The van der Waals surface area contributed by atoms with E-state index < -0.39 is 5.56 Å². The molecule has 26 heavy (non-hydrogen) atoms. The number of amides is 2. The Balaban J connectivity index is 1.66. The first-order chi connectivity index (χ1) is 12.4. The molecule has 1 aliphatic heterocycles. The van der Waals surface area contributed by atoms with E-state index in [-0.39, 0.29) is 30.8 Å². The molecule has 3 rings (SSSR count). The highest BCUT2D eigenvalue weighted by atomic mass is 16.7. The van der Waals surface area contributed by atoms with Gasteiger partial charge in [-0.25, -0.2) is 0 Å². The van der Waals surface area contributed by atoms with E-state index in [1.807, 2.05) is 6.07 Å². The largest absolute Gasteiger partial charge is 0.454 e. The smallest absolute Gasteiger partial charge is 0.274 e. The summed E-state index contributed by atoms with van der Waals surface area (Å²) in [6.45, 7) is 3.40. The number of carbonyl (C=O) groups is 2. The van der Waals surface area contributed by atoms with E-state index in [2.05, 4.69) is 10.6 Å². The van der Waals surface area contributed by atoms with Gasteiger partial charge >= 0.3 is 0 Å². The lowest BCUT2D eigenvalue weighted by Gasteiger charge is -2.12. The summed E-state index contributed by atoms with van der Waals surface area (Å²) in [4.78, 5) is 35.8. The van der Waals surface area contributed by atoms with Crippen LogP contribution in [0.3, 0.4) is 0 Å². The summed E-state index contributed by atoms with van der Waals surface area (Å²) in [5.74, 6) is 0.668. The Morgan fingerprint density at radius 1 is 1.15 bits per heavy atom. The Bertz CT molecular complexity index is 920. The van der Waals surface area contributed by atoms with Crippen LogP contribution in [-0.4, -0.2) is 23.2 Å². The van der Waals surface area contributed by atoms with Crippen molar-refractivity contribution in [2.75, 3.05) is 12.1 Å². The molecule has 0 fully saturated rings. The van der Waals surface area contributed by atoms with Gasteiger partial charge in [0.1, 0.15) is 12.2 Å². The van der Waals surface area contributed by atoms with E-state index in [9.17, 15) is 14.4 Å². The van der Waals surface area contributed by atoms with Crippen molar-refractivity contribution in [3.8, 4) is 11.5 Å². The third-order valence-electron chi connectivity index (χ3n) is 3.93. The number of fused-ring (bicyclic) bond motifs is 1. The molecule has 0 spiro atoms. The van der Waals surface area contributed by atoms with Crippen molar-refractivity contribution in [1.82, 2.24) is 9.88 Å². The lowest BCUT2D eigenvalue weighted by atomic mass is 10.2. The molecule has 8 heteroatoms. The molecular weight excluding hydrogens is 338 g/mol. The van der Waals surface area contributed by atoms with E-state index in [0.717, 1.165) is 5.56 Å². The van der Waals surface area contributed by atoms with Crippen LogP contribution in [0.15, 0.2) is 35.1 Å². The summed E-state index contributed by atoms with van der Waals surface area (Å²) < 4.78 is 11.9. The Kier molecular flexibility index (Phi) is 4.92. The number of nitrogens with zero attached hydrogens (tertiary/aromatic N) is 1. The molecule has 1 aromatic heterocycles. The van der Waals surface area contributed by atoms with E-state index in [1.165, 1.54) is 17.6 Å². The Hall–Kier alpha value is -3.29. The predicted octanol–water partition coefficient (Wildman–Crippen LogP) is 1.16. The van der Waals surface area contributed by atoms with Crippen LogP contribution in [0.1, 0.15) is 18.2 Å². The number of rotatable bonds is 5. The Morgan fingerprint density at radius 3 is 2.69 bits per heavy atom. The molecule has 1 aliphatic rings. The summed E-state index contributed by atoms with van der Waals surface area (Å²) >= 11 is 0. The van der Waals surface area contributed by atoms with Crippen molar-refractivity contribution >= 4 is 17.5 Å². The highest BCUT2D eigenvalue weighted by Crippen LogP contribution is 2.32. The molecule has 0 aliphatic carbocycles. The molecule has 1 aromatic carbocycles. The fourth-order valence-electron chi connectivity index (χ4n) is 2.60. The monoisotopic (exact) mass is 357 g/mol. The van der Waals surface area contributed by atoms with Crippen molar-refractivity contribution in [3.63, 3.8) is 0 Å². The standard InChI is InChI=1S/C18H19N3O5/c1-11-3-5-14(20-12(2)22)18(24)21(11)9-17(23)19-8-13-4-6-15-16(7-13)26-10-25-15/h3-7H,8-10H2,1-2H3,(H,19,23)(H,20,22). The molecule has 2 N–H and O–H groups in total. The molecule has 0 atom stereocenters. The van der Waals surface area contributed by atoms with Gasteiger partial charge in [0.15, 0.2) is 11.5 Å². The molecule has 2 amide bonds. The number of pyridine rings is 1. The normalized spacial score (nSPS) is 11.9. The predicted molar refractivity (Wildman–Crippen MR) is 94.2 cm³/mol. The van der Waals surface area contributed by atoms with Crippen LogP contribution >= 0.6 is 0 Å². The number of carbonyl (C=O) groups excluding carboxylic acids is 2. The summed E-state index contributed by atoms with van der Waals surface area (Å²) in [5, 5.41) is 5.24. The average molecular weight is 357 g/mol. The van der Waals surface area contributed by atoms with Crippen molar-refractivity contribution < 1.29 is 19.1 Å². The summed E-state index contributed by atoms with van der Waals surface area (Å²) in [6.07, 6.45) is 0. The first kappa shape index (κ1) is 17.5. The van der Waals surface area contributed by atoms with Crippen molar-refractivity contribution in [2.45, 2.75) is 26.9 Å². The quantitative estimate of drug-likeness (QED) is 0.837. The van der Waals surface area contributed by atoms with Crippen molar-refractivity contribution in [1.29, 1.82) is 0 Å². The van der Waals surface area contributed by atoms with Gasteiger partial charge in [0, 0.05) is 19.2 Å². The maximum Gasteiger partial charge on any atom is 0.274 e. The molecule has 2 heterocycles. The van der Waals surface area contributed by atoms with Crippen LogP contribution in [-0.2, 0) is 22.7 Å². The van der Waals surface area contributed by atoms with Crippen molar-refractivity contribution in [2.24, 2.45) is 0 Å². The van der Waals surface area contributed by atoms with E-state index in [1.54, 1.807) is 25.1 Å². The Morgan fingerprint density at radius 2 is 1.92 bits per heavy atom. The first-order valence-electron chi connectivity index (χ1n) is 8.07. The van der Waals surface area contributed by atoms with Crippen LogP contribution in [0.2, 0.25) is 0 Å². The minimum absolute atomic E-state index is 0.136. The highest BCUT2D eigenvalue weighted by molar-refractivity contribution is 5.88. The molecule has 136 valence electrons. The topological polar surface area (TPSA) is 98.7 Å². The summed E-state index contributed by atoms with van der Waals surface area (Å²) in [5.41, 5.74) is 1.21. The maximum atomic E-state index is 12.4. The second kappa shape index (κ2) is 7.30. The fraction of sp³-hybridized carbons (Fsp3) is 0.278. The zero-order valence-corrected chi connectivity index (χ0v) is 14.5. The van der Waals surface area contributed by atoms with Gasteiger partial charge in [0.2, 0.25) is 18.6 Å². The zero-order chi connectivity index (χ0) is 18.7. The molecule has 0 unspecified atom stereocenters. The fourth-order valence-corrected chi connectivity index (χ4v) is 2.60. The summed E-state index contributed by atoms with van der Waals surface area (Å²) in [6, 6.07) is 8.63. The first-order valence-corrected chi connectivity index (χ1v) is 8.07. The molecule has 0 radical (unpaired) electrons. The third kappa shape index (κ3) is 3.85. The highest BCUT2D eigenvalue weighted by Gasteiger charge is 2.14. The molecule has 0 bridgehead atoms. The number of aryl methyl sites for hydroxylation is 1. The van der Waals surface area contributed by atoms with Gasteiger partial charge in [0.05, 0.1) is 0 Å². The molecule has 2 aromatic rings. The number of nitrogens with one attached hydrogen (secondary N) is 2. The zero-order valence-electron chi connectivity index (χ0n) is 14.5. The van der Waals surface area contributed by atoms with E-state index in [4.69, 9.17) is 9.47 Å². The third-order valence-corrected chi connectivity index (χ3v) is 3.93. The molecular formula is C18H19N3O5. The second-order valence-corrected chi connectivity index (χ2v) is 5.93. The number of hydrogen-bond acceptors (Lipinski definition) is 5. The van der Waals surface area contributed by atoms with E-state index in [0.29, 0.717) is 23.7 Å². The SMILES string of the molecule is CC(=O)Nc1ccc(C)n(CC(=O)NCc2ccc3c(c2)OCO3)c1=O. The van der Waals surface area contributed by atoms with Crippen LogP contribution in [0.5, 0.6) is 11.5 Å². The van der Waals surface area contributed by atoms with Crippen LogP contribution in [0.25, 0.3) is 0 Å². The number of ether oxygens (including phenoxy) is 2. The number of anilines is 1. The number of aromatic nitrogens is 1. The van der Waals surface area contributed by atoms with Crippen LogP contribution in [0, 0.1) is 6.92 Å². The van der Waals surface area contributed by atoms with Crippen molar-refractivity contribution in [3.05, 3.63) is 51.9 Å². The van der Waals surface area contributed by atoms with Gasteiger partial charge in [-0.05, 0) is 36.8 Å². The van der Waals surface area contributed by atoms with Gasteiger partial charge in [-0.3, -0.25) is 14.4 Å². The van der Waals surface area contributed by atoms with E-state index >= 15 is 0 Å². The minimum Gasteiger partial charge on any atom is -0.454 e. The van der Waals surface area contributed by atoms with Gasteiger partial charge in [-0.2, -0.15) is 0 Å². The Labute approximate surface area is 149 Å². The summed E-state index contributed by atoms with van der Waals surface area (Å²) in [7, 11) is 0. The lowest BCUT2D eigenvalue weighted by Crippen LogP contribution is -2.34. The molecule has 0 saturated carbocycles. The van der Waals surface area contributed by atoms with Crippen LogP contribution in [0.4, 0.5) is 5.69 Å². The molecule has 8 nitrogen and oxygen atoms in total. The van der Waals surface area contributed by atoms with Gasteiger partial charge in [-0.1, -0.05) is 6.07 Å². The maximum absolute atomic E-state index is 12.4. The second-order valence-electron chi connectivity index (χ2n) is 5.93. The van der Waals surface area contributed by atoms with Crippen LogP contribution < -0.4 is 25.7 Å². The van der Waals surface area contributed by atoms with Gasteiger partial charge < -0.3 is 24.7 Å². The van der Waals surface area contributed by atoms with Gasteiger partial charge in [0.25, 0.3) is 5.56 Å². The number of hydrogen-bond donors (Lipinski definition) is 2. The minimum atomic E-state index is -0.418. The lowest BCUT2D eigenvalue weighted by molar-refractivity contribution is -0.122. The number of benzene rings is 1. The van der Waals surface area contributed by atoms with Gasteiger partial charge in [-0.15, -0.1) is 0 Å². The average Bonchev–Trinajstić information content (AvgIpc) is 3.07. The molecule has 0 saturated heterocycles.